The van der Waals surface area contributed by atoms with Gasteiger partial charge in [-0.3, -0.25) is 14.7 Å². The van der Waals surface area contributed by atoms with Crippen molar-refractivity contribution in [2.75, 3.05) is 25.5 Å². The van der Waals surface area contributed by atoms with E-state index in [1.165, 1.54) is 11.0 Å². The number of benzene rings is 2. The van der Waals surface area contributed by atoms with E-state index in [4.69, 9.17) is 10.5 Å². The molecule has 0 aliphatic carbocycles. The quantitative estimate of drug-likeness (QED) is 0.596. The van der Waals surface area contributed by atoms with E-state index in [-0.39, 0.29) is 17.4 Å². The van der Waals surface area contributed by atoms with E-state index in [1.54, 1.807) is 33.0 Å². The Morgan fingerprint density at radius 1 is 1.34 bits per heavy atom. The molecule has 0 atom stereocenters. The fourth-order valence-corrected chi connectivity index (χ4v) is 3.46. The molecule has 0 fully saturated rings. The zero-order chi connectivity index (χ0) is 21.2. The molecular weight excluding hydrogens is 371 g/mol. The Kier molecular flexibility index (Phi) is 5.77. The minimum atomic E-state index is -1.14. The fourth-order valence-electron chi connectivity index (χ4n) is 3.46. The van der Waals surface area contributed by atoms with Gasteiger partial charge in [0.2, 0.25) is 5.91 Å². The number of ether oxygens (including phenoxy) is 1. The summed E-state index contributed by atoms with van der Waals surface area (Å²) in [6.07, 6.45) is 0.869. The molecule has 6 nitrogen and oxygen atoms in total. The third-order valence-electron chi connectivity index (χ3n) is 5.14. The van der Waals surface area contributed by atoms with Crippen molar-refractivity contribution in [2.24, 2.45) is 10.7 Å². The number of fused-ring (bicyclic) bond motifs is 1. The summed E-state index contributed by atoms with van der Waals surface area (Å²) in [5.41, 5.74) is 7.62. The van der Waals surface area contributed by atoms with Crippen molar-refractivity contribution in [3.63, 3.8) is 0 Å². The van der Waals surface area contributed by atoms with Crippen molar-refractivity contribution < 1.29 is 13.9 Å². The molecule has 7 heteroatoms. The van der Waals surface area contributed by atoms with E-state index >= 15 is 0 Å². The monoisotopic (exact) mass is 398 g/mol. The van der Waals surface area contributed by atoms with Crippen molar-refractivity contribution in [3.8, 4) is 5.75 Å². The van der Waals surface area contributed by atoms with Gasteiger partial charge < -0.3 is 15.8 Å². The van der Waals surface area contributed by atoms with Gasteiger partial charge in [0.25, 0.3) is 0 Å². The predicted octanol–water partition coefficient (Wildman–Crippen LogP) is 3.57. The van der Waals surface area contributed by atoms with Gasteiger partial charge in [-0.2, -0.15) is 0 Å². The molecule has 1 aliphatic heterocycles. The van der Waals surface area contributed by atoms with Gasteiger partial charge in [-0.15, -0.1) is 0 Å². The number of anilines is 2. The number of halogens is 1. The molecule has 0 spiro atoms. The van der Waals surface area contributed by atoms with Crippen LogP contribution in [-0.4, -0.2) is 37.0 Å². The highest BCUT2D eigenvalue weighted by molar-refractivity contribution is 6.01. The van der Waals surface area contributed by atoms with Crippen molar-refractivity contribution in [3.05, 3.63) is 53.3 Å². The predicted molar refractivity (Wildman–Crippen MR) is 113 cm³/mol. The first kappa shape index (κ1) is 20.6. The highest BCUT2D eigenvalue weighted by Gasteiger charge is 2.36. The van der Waals surface area contributed by atoms with Crippen LogP contribution in [0, 0.1) is 5.82 Å². The van der Waals surface area contributed by atoms with Gasteiger partial charge in [-0.05, 0) is 50.6 Å². The van der Waals surface area contributed by atoms with Crippen LogP contribution in [0.15, 0.2) is 41.4 Å². The number of guanidine groups is 1. The molecule has 1 aliphatic rings. The molecule has 1 heterocycles. The first-order valence-electron chi connectivity index (χ1n) is 9.65. The van der Waals surface area contributed by atoms with E-state index in [2.05, 4.69) is 10.3 Å². The summed E-state index contributed by atoms with van der Waals surface area (Å²) in [7, 11) is 1.54. The molecule has 29 heavy (non-hydrogen) atoms. The third kappa shape index (κ3) is 4.04. The largest absolute Gasteiger partial charge is 0.491 e. The number of nitrogens with two attached hydrogens (primary N) is 1. The number of carbonyl (C=O) groups excluding carboxylic acids is 1. The average Bonchev–Trinajstić information content (AvgIpc) is 3.18. The van der Waals surface area contributed by atoms with Crippen LogP contribution >= 0.6 is 0 Å². The fraction of sp³-hybridized carbons (Fsp3) is 0.364. The molecule has 1 amide bonds. The van der Waals surface area contributed by atoms with Crippen LogP contribution in [0.5, 0.6) is 5.75 Å². The lowest BCUT2D eigenvalue weighted by Gasteiger charge is -2.30. The second kappa shape index (κ2) is 8.11. The highest BCUT2D eigenvalue weighted by Crippen LogP contribution is 2.37. The van der Waals surface area contributed by atoms with Gasteiger partial charge in [0.15, 0.2) is 5.96 Å². The van der Waals surface area contributed by atoms with Gasteiger partial charge in [0, 0.05) is 31.3 Å². The molecule has 0 aromatic heterocycles. The summed E-state index contributed by atoms with van der Waals surface area (Å²) in [4.78, 5) is 18.3. The number of nitrogens with one attached hydrogen (secondary N) is 1. The van der Waals surface area contributed by atoms with Gasteiger partial charge in [0.05, 0.1) is 17.7 Å². The lowest BCUT2D eigenvalue weighted by atomic mass is 9.82. The lowest BCUT2D eigenvalue weighted by Crippen LogP contribution is -2.47. The van der Waals surface area contributed by atoms with Gasteiger partial charge in [0.1, 0.15) is 11.6 Å². The van der Waals surface area contributed by atoms with Crippen LogP contribution in [0.1, 0.15) is 31.9 Å². The molecule has 0 saturated heterocycles. The molecular formula is C22H27FN4O2. The topological polar surface area (TPSA) is 80.0 Å². The Morgan fingerprint density at radius 3 is 2.83 bits per heavy atom. The second-order valence-electron chi connectivity index (χ2n) is 7.53. The van der Waals surface area contributed by atoms with Crippen LogP contribution in [0.3, 0.4) is 0 Å². The molecule has 0 saturated carbocycles. The zero-order valence-electron chi connectivity index (χ0n) is 17.3. The molecule has 2 aromatic rings. The van der Waals surface area contributed by atoms with Crippen molar-refractivity contribution in [1.82, 2.24) is 4.90 Å². The zero-order valence-corrected chi connectivity index (χ0v) is 17.3. The van der Waals surface area contributed by atoms with Gasteiger partial charge in [-0.25, -0.2) is 4.39 Å². The Labute approximate surface area is 170 Å². The van der Waals surface area contributed by atoms with Crippen LogP contribution in [-0.2, 0) is 16.6 Å². The van der Waals surface area contributed by atoms with Gasteiger partial charge in [-0.1, -0.05) is 12.1 Å². The number of hydrogen-bond donors (Lipinski definition) is 2. The Bertz CT molecular complexity index is 956. The van der Waals surface area contributed by atoms with E-state index in [1.807, 2.05) is 25.1 Å². The minimum Gasteiger partial charge on any atom is -0.491 e. The van der Waals surface area contributed by atoms with Crippen molar-refractivity contribution in [1.29, 1.82) is 0 Å². The number of carbonyl (C=O) groups is 1. The smallest absolute Gasteiger partial charge is 0.239 e. The van der Waals surface area contributed by atoms with E-state index < -0.39 is 11.2 Å². The normalized spacial score (nSPS) is 13.6. The maximum absolute atomic E-state index is 14.7. The minimum absolute atomic E-state index is 0.109. The summed E-state index contributed by atoms with van der Waals surface area (Å²) in [6.45, 7) is 6.29. The van der Waals surface area contributed by atoms with Crippen LogP contribution in [0.4, 0.5) is 15.8 Å². The average molecular weight is 398 g/mol. The number of likely N-dealkylation sites (N-methyl/N-ethyl adjacent to an activating group) is 1. The number of aliphatic imine (C=N–C) groups is 1. The first-order chi connectivity index (χ1) is 13.8. The van der Waals surface area contributed by atoms with Crippen LogP contribution in [0.2, 0.25) is 0 Å². The van der Waals surface area contributed by atoms with E-state index in [0.717, 1.165) is 23.4 Å². The standard InChI is InChI=1S/C22H27FN4O2/c1-5-25-21(24)27(4)20(28)22(2,3)16-13-15(9-10-17(16)23)26-18-8-6-7-14-11-12-29-19(14)18/h6-10,13,26H,5,11-12H2,1-4H3,(H2,24,25). The van der Waals surface area contributed by atoms with Crippen molar-refractivity contribution in [2.45, 2.75) is 32.6 Å². The highest BCUT2D eigenvalue weighted by atomic mass is 19.1. The number of para-hydroxylation sites is 1. The van der Waals surface area contributed by atoms with E-state index in [9.17, 15) is 9.18 Å². The molecule has 0 bridgehead atoms. The molecule has 0 radical (unpaired) electrons. The first-order valence-corrected chi connectivity index (χ1v) is 9.65. The Balaban J connectivity index is 1.92. The lowest BCUT2D eigenvalue weighted by molar-refractivity contribution is -0.131. The molecule has 3 rings (SSSR count). The molecule has 2 aromatic carbocycles. The SMILES string of the molecule is CCN=C(N)N(C)C(=O)C(C)(C)c1cc(Nc2cccc3c2OCC3)ccc1F. The summed E-state index contributed by atoms with van der Waals surface area (Å²) >= 11 is 0. The maximum atomic E-state index is 14.7. The second-order valence-corrected chi connectivity index (χ2v) is 7.53. The maximum Gasteiger partial charge on any atom is 0.239 e. The number of hydrogen-bond acceptors (Lipinski definition) is 4. The Hall–Kier alpha value is -3.09. The summed E-state index contributed by atoms with van der Waals surface area (Å²) < 4.78 is 20.4. The number of rotatable bonds is 5. The van der Waals surface area contributed by atoms with Gasteiger partial charge >= 0.3 is 0 Å². The summed E-state index contributed by atoms with van der Waals surface area (Å²) in [5.74, 6) is 0.129. The van der Waals surface area contributed by atoms with Crippen LogP contribution < -0.4 is 15.8 Å². The Morgan fingerprint density at radius 2 is 2.10 bits per heavy atom. The molecule has 0 unspecified atom stereocenters. The number of nitrogens with zero attached hydrogens (tertiary/aromatic N) is 2. The summed E-state index contributed by atoms with van der Waals surface area (Å²) in [5, 5.41) is 3.29. The van der Waals surface area contributed by atoms with Crippen LogP contribution in [0.25, 0.3) is 0 Å². The van der Waals surface area contributed by atoms with Crippen molar-refractivity contribution >= 4 is 23.2 Å². The molecule has 154 valence electrons. The number of amides is 1. The summed E-state index contributed by atoms with van der Waals surface area (Å²) in [6, 6.07) is 10.6. The van der Waals surface area contributed by atoms with E-state index in [0.29, 0.717) is 18.8 Å². The molecule has 3 N–H and O–H groups in total. The third-order valence-corrected chi connectivity index (χ3v) is 5.14.